The van der Waals surface area contributed by atoms with Crippen molar-refractivity contribution in [3.05, 3.63) is 24.0 Å². The van der Waals surface area contributed by atoms with Crippen LogP contribution in [0.15, 0.2) is 23.5 Å². The van der Waals surface area contributed by atoms with Crippen molar-refractivity contribution in [3.8, 4) is 0 Å². The second-order valence-electron chi connectivity index (χ2n) is 4.66. The number of primary amides is 1. The molecule has 2 N–H and O–H groups in total. The number of nitrogens with zero attached hydrogens (tertiary/aromatic N) is 4. The third-order valence-corrected chi connectivity index (χ3v) is 3.96. The molecule has 0 aliphatic rings. The predicted molar refractivity (Wildman–Crippen MR) is 75.4 cm³/mol. The summed E-state index contributed by atoms with van der Waals surface area (Å²) >= 11 is 0. The Labute approximate surface area is 119 Å². The highest BCUT2D eigenvalue weighted by Gasteiger charge is 2.18. The van der Waals surface area contributed by atoms with Gasteiger partial charge in [0.25, 0.3) is 5.91 Å². The molecule has 0 radical (unpaired) electrons. The fourth-order valence-corrected chi connectivity index (χ4v) is 2.70. The van der Waals surface area contributed by atoms with E-state index < -0.39 is 15.7 Å². The number of aromatic nitrogens is 4. The van der Waals surface area contributed by atoms with Gasteiger partial charge in [-0.05, 0) is 6.07 Å². The Hall–Kier alpha value is -2.55. The topological polar surface area (TPSA) is 121 Å². The van der Waals surface area contributed by atoms with E-state index >= 15 is 0 Å². The van der Waals surface area contributed by atoms with Crippen molar-refractivity contribution >= 4 is 37.6 Å². The van der Waals surface area contributed by atoms with Crippen LogP contribution in [-0.2, 0) is 16.9 Å². The molecule has 1 amide bonds. The average molecular weight is 305 g/mol. The van der Waals surface area contributed by atoms with Gasteiger partial charge in [0.15, 0.2) is 5.69 Å². The summed E-state index contributed by atoms with van der Waals surface area (Å²) in [6, 6.07) is 3.38. The van der Waals surface area contributed by atoms with E-state index in [4.69, 9.17) is 5.73 Å². The van der Waals surface area contributed by atoms with Crippen LogP contribution < -0.4 is 5.73 Å². The van der Waals surface area contributed by atoms with Crippen LogP contribution in [0, 0.1) is 0 Å². The Balaban J connectivity index is 2.50. The molecule has 8 nitrogen and oxygen atoms in total. The lowest BCUT2D eigenvalue weighted by atomic mass is 10.1. The number of sulfone groups is 1. The van der Waals surface area contributed by atoms with Gasteiger partial charge < -0.3 is 5.73 Å². The van der Waals surface area contributed by atoms with Crippen LogP contribution >= 0.6 is 0 Å². The number of aryl methyl sites for hydroxylation is 1. The lowest BCUT2D eigenvalue weighted by Gasteiger charge is -2.03. The number of carbonyl (C=O) groups is 1. The lowest BCUT2D eigenvalue weighted by molar-refractivity contribution is 0.0996. The number of hydrogen-bond donors (Lipinski definition) is 1. The Morgan fingerprint density at radius 2 is 2.05 bits per heavy atom. The van der Waals surface area contributed by atoms with Crippen molar-refractivity contribution in [2.75, 3.05) is 6.26 Å². The summed E-state index contributed by atoms with van der Waals surface area (Å²) in [4.78, 5) is 19.3. The molecule has 2 aromatic heterocycles. The van der Waals surface area contributed by atoms with Crippen molar-refractivity contribution in [2.24, 2.45) is 12.8 Å². The minimum Gasteiger partial charge on any atom is -0.364 e. The van der Waals surface area contributed by atoms with Crippen molar-refractivity contribution in [3.63, 3.8) is 0 Å². The molecular weight excluding hydrogens is 294 g/mol. The maximum Gasteiger partial charge on any atom is 0.269 e. The quantitative estimate of drug-likeness (QED) is 0.666. The van der Waals surface area contributed by atoms with Crippen LogP contribution in [-0.4, -0.2) is 40.3 Å². The monoisotopic (exact) mass is 305 g/mol. The summed E-state index contributed by atoms with van der Waals surface area (Å²) in [5.41, 5.74) is 6.36. The molecule has 9 heteroatoms. The van der Waals surface area contributed by atoms with E-state index in [-0.39, 0.29) is 10.9 Å². The summed E-state index contributed by atoms with van der Waals surface area (Å²) in [5.74, 6) is -0.655. The first-order valence-electron chi connectivity index (χ1n) is 5.91. The third-order valence-electron chi connectivity index (χ3n) is 3.10. The summed E-state index contributed by atoms with van der Waals surface area (Å²) < 4.78 is 24.6. The maximum atomic E-state index is 11.6. The molecule has 0 unspecified atom stereocenters. The minimum absolute atomic E-state index is 0.119. The van der Waals surface area contributed by atoms with E-state index in [1.165, 1.54) is 10.9 Å². The fourth-order valence-electron chi connectivity index (χ4n) is 2.20. The van der Waals surface area contributed by atoms with Crippen molar-refractivity contribution < 1.29 is 13.2 Å². The van der Waals surface area contributed by atoms with Crippen LogP contribution in [0.3, 0.4) is 0 Å². The smallest absolute Gasteiger partial charge is 0.269 e. The van der Waals surface area contributed by atoms with Gasteiger partial charge in [0.2, 0.25) is 15.0 Å². The number of amides is 1. The SMILES string of the molecule is Cn1nc(C(N)=O)c2ccc3cnc(S(C)(=O)=O)nc3c21. The second-order valence-corrected chi connectivity index (χ2v) is 6.57. The van der Waals surface area contributed by atoms with Crippen molar-refractivity contribution in [1.82, 2.24) is 19.7 Å². The van der Waals surface area contributed by atoms with E-state index in [0.29, 0.717) is 21.8 Å². The molecule has 108 valence electrons. The Morgan fingerprint density at radius 3 is 2.67 bits per heavy atom. The van der Waals surface area contributed by atoms with Crippen molar-refractivity contribution in [1.29, 1.82) is 0 Å². The van der Waals surface area contributed by atoms with E-state index in [2.05, 4.69) is 15.1 Å². The molecular formula is C12H11N5O3S. The van der Waals surface area contributed by atoms with Gasteiger partial charge in [0, 0.05) is 30.3 Å². The van der Waals surface area contributed by atoms with Gasteiger partial charge in [0.05, 0.1) is 5.52 Å². The summed E-state index contributed by atoms with van der Waals surface area (Å²) in [5, 5.41) is 4.96. The van der Waals surface area contributed by atoms with Gasteiger partial charge in [0.1, 0.15) is 5.52 Å². The van der Waals surface area contributed by atoms with Gasteiger partial charge in [-0.1, -0.05) is 6.07 Å². The summed E-state index contributed by atoms with van der Waals surface area (Å²) in [7, 11) is -1.89. The molecule has 0 atom stereocenters. The van der Waals surface area contributed by atoms with Crippen LogP contribution in [0.4, 0.5) is 0 Å². The first-order valence-corrected chi connectivity index (χ1v) is 7.80. The normalized spacial score (nSPS) is 12.1. The molecule has 0 aliphatic carbocycles. The number of carbonyl (C=O) groups excluding carboxylic acids is 1. The molecule has 1 aromatic carbocycles. The molecule has 3 aromatic rings. The molecule has 2 heterocycles. The average Bonchev–Trinajstić information content (AvgIpc) is 2.75. The molecule has 0 saturated carbocycles. The van der Waals surface area contributed by atoms with E-state index in [0.717, 1.165) is 6.26 Å². The zero-order valence-electron chi connectivity index (χ0n) is 11.2. The van der Waals surface area contributed by atoms with E-state index in [1.54, 1.807) is 19.2 Å². The van der Waals surface area contributed by atoms with Gasteiger partial charge >= 0.3 is 0 Å². The highest BCUT2D eigenvalue weighted by molar-refractivity contribution is 7.90. The third kappa shape index (κ3) is 2.02. The maximum absolute atomic E-state index is 11.6. The molecule has 0 spiro atoms. The van der Waals surface area contributed by atoms with Crippen LogP contribution in [0.5, 0.6) is 0 Å². The molecule has 21 heavy (non-hydrogen) atoms. The number of hydrogen-bond acceptors (Lipinski definition) is 6. The summed E-state index contributed by atoms with van der Waals surface area (Å²) in [6.45, 7) is 0. The second kappa shape index (κ2) is 4.22. The van der Waals surface area contributed by atoms with Gasteiger partial charge in [-0.3, -0.25) is 9.48 Å². The zero-order valence-corrected chi connectivity index (χ0v) is 12.0. The standard InChI is InChI=1S/C12H11N5O3S/c1-17-10-7(9(16-17)11(13)18)4-3-6-5-14-12(15-8(6)10)21(2,19)20/h3-5H,1-2H3,(H2,13,18). The lowest BCUT2D eigenvalue weighted by Crippen LogP contribution is -2.12. The van der Waals surface area contributed by atoms with E-state index in [1.807, 2.05) is 0 Å². The minimum atomic E-state index is -3.53. The zero-order chi connectivity index (χ0) is 15.4. The van der Waals surface area contributed by atoms with E-state index in [9.17, 15) is 13.2 Å². The number of benzene rings is 1. The first kappa shape index (κ1) is 13.4. The Bertz CT molecular complexity index is 1010. The Morgan fingerprint density at radius 1 is 1.33 bits per heavy atom. The van der Waals surface area contributed by atoms with Gasteiger partial charge in [-0.25, -0.2) is 18.4 Å². The highest BCUT2D eigenvalue weighted by atomic mass is 32.2. The molecule has 0 aliphatic heterocycles. The molecule has 0 saturated heterocycles. The van der Waals surface area contributed by atoms with Crippen LogP contribution in [0.1, 0.15) is 10.5 Å². The van der Waals surface area contributed by atoms with Crippen LogP contribution in [0.25, 0.3) is 21.8 Å². The number of rotatable bonds is 2. The summed E-state index contributed by atoms with van der Waals surface area (Å²) in [6.07, 6.45) is 2.46. The number of nitrogens with two attached hydrogens (primary N) is 1. The molecule has 3 rings (SSSR count). The largest absolute Gasteiger partial charge is 0.364 e. The van der Waals surface area contributed by atoms with Gasteiger partial charge in [-0.15, -0.1) is 0 Å². The first-order chi connectivity index (χ1) is 9.79. The Kier molecular flexibility index (Phi) is 2.70. The predicted octanol–water partition coefficient (Wildman–Crippen LogP) is 0.0189. The molecule has 0 fully saturated rings. The molecule has 0 bridgehead atoms. The fraction of sp³-hybridized carbons (Fsp3) is 0.167. The highest BCUT2D eigenvalue weighted by Crippen LogP contribution is 2.26. The van der Waals surface area contributed by atoms with Crippen LogP contribution in [0.2, 0.25) is 0 Å². The van der Waals surface area contributed by atoms with Crippen molar-refractivity contribution in [2.45, 2.75) is 5.16 Å². The van der Waals surface area contributed by atoms with Gasteiger partial charge in [-0.2, -0.15) is 5.10 Å². The number of fused-ring (bicyclic) bond motifs is 3.